The maximum atomic E-state index is 9.28. The van der Waals surface area contributed by atoms with Gasteiger partial charge in [-0.2, -0.15) is 0 Å². The molecule has 0 unspecified atom stereocenters. The molecule has 1 fully saturated rings. The summed E-state index contributed by atoms with van der Waals surface area (Å²) < 4.78 is 0. The number of allylic oxidation sites excluding steroid dienone is 4. The second-order valence-electron chi connectivity index (χ2n) is 5.53. The van der Waals surface area contributed by atoms with Crippen molar-refractivity contribution in [3.8, 4) is 0 Å². The third kappa shape index (κ3) is 6.04. The van der Waals surface area contributed by atoms with Gasteiger partial charge < -0.3 is 10.2 Å². The van der Waals surface area contributed by atoms with Crippen molar-refractivity contribution in [1.82, 2.24) is 0 Å². The van der Waals surface area contributed by atoms with E-state index in [1.807, 2.05) is 13.8 Å². The Morgan fingerprint density at radius 2 is 1.15 bits per heavy atom. The van der Waals surface area contributed by atoms with Gasteiger partial charge in [-0.1, -0.05) is 12.8 Å². The third-order valence-corrected chi connectivity index (χ3v) is 3.27. The zero-order valence-corrected chi connectivity index (χ0v) is 12.9. The maximum absolute atomic E-state index is 9.28. The predicted molar refractivity (Wildman–Crippen MR) is 85.0 cm³/mol. The van der Waals surface area contributed by atoms with Gasteiger partial charge in [0, 0.05) is 11.4 Å². The van der Waals surface area contributed by atoms with E-state index in [0.717, 1.165) is 24.3 Å². The van der Waals surface area contributed by atoms with Crippen LogP contribution in [-0.2, 0) is 0 Å². The van der Waals surface area contributed by atoms with Crippen molar-refractivity contribution in [2.75, 3.05) is 0 Å². The molecule has 0 saturated heterocycles. The van der Waals surface area contributed by atoms with Crippen LogP contribution in [0, 0.1) is 0 Å². The minimum Gasteiger partial charge on any atom is -0.513 e. The van der Waals surface area contributed by atoms with Gasteiger partial charge in [-0.05, 0) is 52.7 Å². The fraction of sp³-hybridized carbons (Fsp3) is 0.625. The molecule has 0 aromatic carbocycles. The first-order valence-electron chi connectivity index (χ1n) is 7.22. The second kappa shape index (κ2) is 7.88. The average Bonchev–Trinajstić information content (AvgIpc) is 2.29. The smallest absolute Gasteiger partial charge is 0.0909 e. The topological polar surface area (TPSA) is 65.2 Å². The van der Waals surface area contributed by atoms with Crippen LogP contribution in [-0.4, -0.2) is 33.7 Å². The Kier molecular flexibility index (Phi) is 6.49. The standard InChI is InChI=1S/C16H26N2O2/c1-11(9-13(3)19)17-15-7-5-6-8-16(15)18-12(2)10-14(4)20/h9-10,15-16,19-20H,5-8H2,1-4H3/b13-9-,14-10-,17-11+,18-12+/t15-,16-/m1/s1. The molecule has 0 bridgehead atoms. The maximum Gasteiger partial charge on any atom is 0.0909 e. The third-order valence-electron chi connectivity index (χ3n) is 3.27. The van der Waals surface area contributed by atoms with Crippen LogP contribution in [0.1, 0.15) is 53.4 Å². The summed E-state index contributed by atoms with van der Waals surface area (Å²) in [6.45, 7) is 7.10. The fourth-order valence-electron chi connectivity index (χ4n) is 2.60. The van der Waals surface area contributed by atoms with E-state index in [4.69, 9.17) is 0 Å². The molecule has 2 N–H and O–H groups in total. The van der Waals surface area contributed by atoms with Crippen molar-refractivity contribution in [2.45, 2.75) is 65.5 Å². The molecule has 1 rings (SSSR count). The molecule has 20 heavy (non-hydrogen) atoms. The molecule has 0 radical (unpaired) electrons. The Hall–Kier alpha value is -1.58. The van der Waals surface area contributed by atoms with E-state index >= 15 is 0 Å². The lowest BCUT2D eigenvalue weighted by molar-refractivity contribution is 0.388. The van der Waals surface area contributed by atoms with E-state index in [2.05, 4.69) is 9.98 Å². The molecule has 0 spiro atoms. The number of nitrogens with zero attached hydrogens (tertiary/aromatic N) is 2. The highest BCUT2D eigenvalue weighted by atomic mass is 16.3. The van der Waals surface area contributed by atoms with Gasteiger partial charge in [-0.25, -0.2) is 0 Å². The van der Waals surface area contributed by atoms with Gasteiger partial charge in [0.15, 0.2) is 0 Å². The molecule has 0 aromatic rings. The number of hydrogen-bond donors (Lipinski definition) is 2. The molecule has 1 aliphatic carbocycles. The summed E-state index contributed by atoms with van der Waals surface area (Å²) in [5.41, 5.74) is 1.67. The first-order chi connectivity index (χ1) is 9.38. The second-order valence-corrected chi connectivity index (χ2v) is 5.53. The molecule has 2 atom stereocenters. The van der Waals surface area contributed by atoms with E-state index in [0.29, 0.717) is 0 Å². The average molecular weight is 278 g/mol. The quantitative estimate of drug-likeness (QED) is 0.599. The van der Waals surface area contributed by atoms with Crippen LogP contribution >= 0.6 is 0 Å². The summed E-state index contributed by atoms with van der Waals surface area (Å²) >= 11 is 0. The Morgan fingerprint density at radius 3 is 1.45 bits per heavy atom. The molecule has 0 heterocycles. The van der Waals surface area contributed by atoms with Gasteiger partial charge in [0.2, 0.25) is 0 Å². The van der Waals surface area contributed by atoms with Crippen LogP contribution in [0.25, 0.3) is 0 Å². The minimum atomic E-state index is 0.168. The summed E-state index contributed by atoms with van der Waals surface area (Å²) in [5.74, 6) is 0.550. The summed E-state index contributed by atoms with van der Waals surface area (Å²) in [4.78, 5) is 9.36. The highest BCUT2D eigenvalue weighted by Crippen LogP contribution is 2.24. The van der Waals surface area contributed by atoms with Crippen molar-refractivity contribution in [3.05, 3.63) is 23.7 Å². The van der Waals surface area contributed by atoms with Crippen molar-refractivity contribution in [2.24, 2.45) is 9.98 Å². The summed E-state index contributed by atoms with van der Waals surface area (Å²) in [7, 11) is 0. The van der Waals surface area contributed by atoms with Crippen LogP contribution in [0.2, 0.25) is 0 Å². The number of aliphatic hydroxyl groups excluding tert-OH is 2. The molecule has 4 nitrogen and oxygen atoms in total. The first kappa shape index (κ1) is 16.5. The van der Waals surface area contributed by atoms with Crippen LogP contribution in [0.15, 0.2) is 33.7 Å². The molecule has 4 heteroatoms. The predicted octanol–water partition coefficient (Wildman–Crippen LogP) is 4.14. The minimum absolute atomic E-state index is 0.168. The van der Waals surface area contributed by atoms with Gasteiger partial charge in [0.05, 0.1) is 23.6 Å². The van der Waals surface area contributed by atoms with Gasteiger partial charge >= 0.3 is 0 Å². The van der Waals surface area contributed by atoms with E-state index in [1.54, 1.807) is 26.0 Å². The largest absolute Gasteiger partial charge is 0.513 e. The summed E-state index contributed by atoms with van der Waals surface area (Å²) in [6, 6.07) is 0.336. The van der Waals surface area contributed by atoms with Crippen molar-refractivity contribution in [1.29, 1.82) is 0 Å². The molecule has 0 amide bonds. The molecular formula is C16H26N2O2. The summed E-state index contributed by atoms with van der Waals surface area (Å²) in [6.07, 6.45) is 7.75. The zero-order valence-electron chi connectivity index (χ0n) is 12.9. The SMILES string of the molecule is C/C(O)=C/C(C)=N/[C@@H]1CCCC[C@H]1/N=C(C)/C=C(/C)O. The zero-order chi connectivity index (χ0) is 15.1. The van der Waals surface area contributed by atoms with E-state index in [1.165, 1.54) is 12.8 Å². The van der Waals surface area contributed by atoms with Crippen LogP contribution in [0.5, 0.6) is 0 Å². The van der Waals surface area contributed by atoms with Gasteiger partial charge in [-0.15, -0.1) is 0 Å². The molecular weight excluding hydrogens is 252 g/mol. The van der Waals surface area contributed by atoms with E-state index < -0.39 is 0 Å². The van der Waals surface area contributed by atoms with Gasteiger partial charge in [0.1, 0.15) is 0 Å². The lowest BCUT2D eigenvalue weighted by Crippen LogP contribution is -2.28. The van der Waals surface area contributed by atoms with Crippen LogP contribution in [0.4, 0.5) is 0 Å². The molecule has 112 valence electrons. The van der Waals surface area contributed by atoms with E-state index in [-0.39, 0.29) is 23.6 Å². The Bertz CT molecular complexity index is 397. The highest BCUT2D eigenvalue weighted by Gasteiger charge is 2.24. The Morgan fingerprint density at radius 1 is 0.800 bits per heavy atom. The lowest BCUT2D eigenvalue weighted by atomic mass is 9.91. The number of aliphatic hydroxyl groups is 2. The van der Waals surface area contributed by atoms with Crippen LogP contribution in [0.3, 0.4) is 0 Å². The highest BCUT2D eigenvalue weighted by molar-refractivity contribution is 5.94. The molecule has 0 aromatic heterocycles. The number of rotatable bonds is 4. The number of aliphatic imine (C=N–C) groups is 2. The lowest BCUT2D eigenvalue weighted by Gasteiger charge is -2.26. The van der Waals surface area contributed by atoms with Gasteiger partial charge in [0.25, 0.3) is 0 Å². The first-order valence-corrected chi connectivity index (χ1v) is 7.22. The normalized spacial score (nSPS) is 26.8. The Balaban J connectivity index is 2.87. The monoisotopic (exact) mass is 278 g/mol. The molecule has 1 aliphatic rings. The van der Waals surface area contributed by atoms with E-state index in [9.17, 15) is 10.2 Å². The molecule has 1 saturated carbocycles. The number of hydrogen-bond acceptors (Lipinski definition) is 4. The molecule has 0 aliphatic heterocycles. The Labute approximate surface area is 121 Å². The van der Waals surface area contributed by atoms with Crippen molar-refractivity contribution in [3.63, 3.8) is 0 Å². The van der Waals surface area contributed by atoms with Crippen molar-refractivity contribution >= 4 is 11.4 Å². The van der Waals surface area contributed by atoms with Gasteiger partial charge in [-0.3, -0.25) is 9.98 Å². The van der Waals surface area contributed by atoms with Crippen LogP contribution < -0.4 is 0 Å². The van der Waals surface area contributed by atoms with Crippen molar-refractivity contribution < 1.29 is 10.2 Å². The summed E-state index contributed by atoms with van der Waals surface area (Å²) in [5, 5.41) is 18.6. The fourth-order valence-corrected chi connectivity index (χ4v) is 2.60.